The van der Waals surface area contributed by atoms with Gasteiger partial charge in [-0.1, -0.05) is 38.1 Å². The van der Waals surface area contributed by atoms with Crippen molar-refractivity contribution in [2.75, 3.05) is 17.1 Å². The molecule has 0 aromatic heterocycles. The Morgan fingerprint density at radius 3 is 2.42 bits per heavy atom. The molecule has 0 saturated heterocycles. The van der Waals surface area contributed by atoms with Gasteiger partial charge in [0.2, 0.25) is 15.9 Å². The predicted octanol–water partition coefficient (Wildman–Crippen LogP) is 4.67. The van der Waals surface area contributed by atoms with E-state index >= 15 is 0 Å². The number of halogens is 3. The zero-order chi connectivity index (χ0) is 24.4. The zero-order valence-corrected chi connectivity index (χ0v) is 19.5. The van der Waals surface area contributed by atoms with E-state index in [0.717, 1.165) is 30.0 Å². The normalized spacial score (nSPS) is 17.6. The van der Waals surface area contributed by atoms with Crippen LogP contribution in [0.3, 0.4) is 0 Å². The number of ether oxygens (including phenoxy) is 1. The molecular weight excluding hydrogens is 457 g/mol. The van der Waals surface area contributed by atoms with Gasteiger partial charge in [-0.05, 0) is 37.1 Å². The number of hydrogen-bond donors (Lipinski definition) is 1. The first-order valence-corrected chi connectivity index (χ1v) is 12.5. The Balaban J connectivity index is 1.87. The molecule has 0 radical (unpaired) electrons. The van der Waals surface area contributed by atoms with E-state index in [1.54, 1.807) is 0 Å². The van der Waals surface area contributed by atoms with Crippen LogP contribution in [0.25, 0.3) is 0 Å². The van der Waals surface area contributed by atoms with Crippen LogP contribution in [0.4, 0.5) is 18.9 Å². The SMILES string of the molecule is CCC1(CC)CC(NC(=O)CN(c2cccc(C(F)(F)F)c2)S(C)(=O)=O)c2ccccc2O1. The lowest BCUT2D eigenvalue weighted by molar-refractivity contribution is -0.137. The molecule has 1 atom stereocenters. The van der Waals surface area contributed by atoms with Crippen LogP contribution in [-0.4, -0.2) is 32.7 Å². The van der Waals surface area contributed by atoms with Gasteiger partial charge in [0.15, 0.2) is 0 Å². The zero-order valence-electron chi connectivity index (χ0n) is 18.6. The lowest BCUT2D eigenvalue weighted by Crippen LogP contribution is -2.47. The molecule has 0 aliphatic carbocycles. The van der Waals surface area contributed by atoms with E-state index < -0.39 is 45.9 Å². The number of para-hydroxylation sites is 1. The fourth-order valence-electron chi connectivity index (χ4n) is 4.04. The lowest BCUT2D eigenvalue weighted by atomic mass is 9.83. The van der Waals surface area contributed by atoms with E-state index in [-0.39, 0.29) is 5.69 Å². The number of nitrogens with zero attached hydrogens (tertiary/aromatic N) is 1. The minimum atomic E-state index is -4.64. The first-order valence-electron chi connectivity index (χ1n) is 10.6. The predicted molar refractivity (Wildman–Crippen MR) is 120 cm³/mol. The summed E-state index contributed by atoms with van der Waals surface area (Å²) in [7, 11) is -4.03. The standard InChI is InChI=1S/C23H27F3N2O4S/c1-4-22(5-2)14-19(18-11-6-7-12-20(18)32-22)27-21(29)15-28(33(3,30)31)17-10-8-9-16(13-17)23(24,25)26/h6-13,19H,4-5,14-15H2,1-3H3,(H,27,29). The molecule has 3 rings (SSSR count). The molecule has 0 bridgehead atoms. The van der Waals surface area contributed by atoms with Crippen molar-refractivity contribution >= 4 is 21.6 Å². The van der Waals surface area contributed by atoms with Crippen LogP contribution in [-0.2, 0) is 21.0 Å². The summed E-state index contributed by atoms with van der Waals surface area (Å²) >= 11 is 0. The van der Waals surface area contributed by atoms with Gasteiger partial charge in [-0.15, -0.1) is 0 Å². The van der Waals surface area contributed by atoms with Gasteiger partial charge >= 0.3 is 6.18 Å². The third kappa shape index (κ3) is 5.61. The van der Waals surface area contributed by atoms with Crippen molar-refractivity contribution in [3.05, 3.63) is 59.7 Å². The van der Waals surface area contributed by atoms with Gasteiger partial charge in [0.05, 0.1) is 23.5 Å². The van der Waals surface area contributed by atoms with Crippen molar-refractivity contribution in [1.82, 2.24) is 5.32 Å². The average molecular weight is 485 g/mol. The largest absolute Gasteiger partial charge is 0.487 e. The molecule has 10 heteroatoms. The topological polar surface area (TPSA) is 75.7 Å². The number of nitrogens with one attached hydrogen (secondary N) is 1. The summed E-state index contributed by atoms with van der Waals surface area (Å²) in [5.41, 5.74) is -0.938. The van der Waals surface area contributed by atoms with Gasteiger partial charge < -0.3 is 10.1 Å². The van der Waals surface area contributed by atoms with E-state index in [4.69, 9.17) is 4.74 Å². The van der Waals surface area contributed by atoms with Crippen LogP contribution in [0.1, 0.15) is 50.3 Å². The summed E-state index contributed by atoms with van der Waals surface area (Å²) < 4.78 is 71.0. The second kappa shape index (κ2) is 9.24. The van der Waals surface area contributed by atoms with Crippen molar-refractivity contribution in [2.45, 2.75) is 50.9 Å². The molecular formula is C23H27F3N2O4S. The summed E-state index contributed by atoms with van der Waals surface area (Å²) in [6.45, 7) is 3.34. The van der Waals surface area contributed by atoms with Crippen LogP contribution in [0.15, 0.2) is 48.5 Å². The molecule has 1 N–H and O–H groups in total. The molecule has 1 unspecified atom stereocenters. The molecule has 6 nitrogen and oxygen atoms in total. The Bertz CT molecular complexity index is 1110. The summed E-state index contributed by atoms with van der Waals surface area (Å²) in [5.74, 6) is 0.0243. The van der Waals surface area contributed by atoms with Crippen molar-refractivity contribution in [1.29, 1.82) is 0 Å². The fourth-order valence-corrected chi connectivity index (χ4v) is 4.89. The maximum atomic E-state index is 13.1. The Morgan fingerprint density at radius 1 is 1.15 bits per heavy atom. The third-order valence-corrected chi connectivity index (χ3v) is 7.11. The molecule has 0 spiro atoms. The quantitative estimate of drug-likeness (QED) is 0.620. The molecule has 2 aromatic carbocycles. The number of hydrogen-bond acceptors (Lipinski definition) is 4. The summed E-state index contributed by atoms with van der Waals surface area (Å²) in [4.78, 5) is 12.9. The van der Waals surface area contributed by atoms with Crippen molar-refractivity contribution in [3.63, 3.8) is 0 Å². The number of fused-ring (bicyclic) bond motifs is 1. The lowest BCUT2D eigenvalue weighted by Gasteiger charge is -2.41. The molecule has 2 aromatic rings. The van der Waals surface area contributed by atoms with Crippen LogP contribution >= 0.6 is 0 Å². The molecule has 1 aliphatic heterocycles. The Kier molecular flexibility index (Phi) is 6.97. The minimum Gasteiger partial charge on any atom is -0.487 e. The first-order chi connectivity index (χ1) is 15.4. The molecule has 180 valence electrons. The number of carbonyl (C=O) groups is 1. The maximum absolute atomic E-state index is 13.1. The highest BCUT2D eigenvalue weighted by atomic mass is 32.2. The fraction of sp³-hybridized carbons (Fsp3) is 0.435. The molecule has 0 saturated carbocycles. The van der Waals surface area contributed by atoms with Gasteiger partial charge in [0.1, 0.15) is 17.9 Å². The number of benzene rings is 2. The molecule has 1 amide bonds. The highest BCUT2D eigenvalue weighted by Crippen LogP contribution is 2.42. The van der Waals surface area contributed by atoms with E-state index in [1.165, 1.54) is 6.07 Å². The van der Waals surface area contributed by atoms with Gasteiger partial charge in [-0.3, -0.25) is 9.10 Å². The Labute approximate surface area is 191 Å². The molecule has 0 fully saturated rings. The van der Waals surface area contributed by atoms with Crippen molar-refractivity contribution in [3.8, 4) is 5.75 Å². The Hall–Kier alpha value is -2.75. The maximum Gasteiger partial charge on any atom is 0.416 e. The molecule has 33 heavy (non-hydrogen) atoms. The second-order valence-corrected chi connectivity index (χ2v) is 10.1. The summed E-state index contributed by atoms with van der Waals surface area (Å²) in [6.07, 6.45) is -1.88. The van der Waals surface area contributed by atoms with Crippen molar-refractivity contribution < 1.29 is 31.1 Å². The van der Waals surface area contributed by atoms with E-state index in [2.05, 4.69) is 5.32 Å². The Morgan fingerprint density at radius 2 is 1.82 bits per heavy atom. The van der Waals surface area contributed by atoms with E-state index in [0.29, 0.717) is 29.3 Å². The second-order valence-electron chi connectivity index (χ2n) is 8.17. The monoisotopic (exact) mass is 484 g/mol. The first kappa shape index (κ1) is 24.9. The minimum absolute atomic E-state index is 0.230. The van der Waals surface area contributed by atoms with Crippen LogP contribution in [0.5, 0.6) is 5.75 Å². The summed E-state index contributed by atoms with van der Waals surface area (Å²) in [6, 6.07) is 10.8. The van der Waals surface area contributed by atoms with Gasteiger partial charge in [-0.2, -0.15) is 13.2 Å². The summed E-state index contributed by atoms with van der Waals surface area (Å²) in [5, 5.41) is 2.87. The molecule has 1 aliphatic rings. The van der Waals surface area contributed by atoms with Crippen LogP contribution in [0, 0.1) is 0 Å². The van der Waals surface area contributed by atoms with Gasteiger partial charge in [0.25, 0.3) is 0 Å². The van der Waals surface area contributed by atoms with Crippen LogP contribution < -0.4 is 14.4 Å². The van der Waals surface area contributed by atoms with Crippen LogP contribution in [0.2, 0.25) is 0 Å². The highest BCUT2D eigenvalue weighted by molar-refractivity contribution is 7.92. The van der Waals surface area contributed by atoms with Gasteiger partial charge in [0, 0.05) is 12.0 Å². The highest BCUT2D eigenvalue weighted by Gasteiger charge is 2.39. The number of anilines is 1. The third-order valence-electron chi connectivity index (χ3n) is 5.97. The van der Waals surface area contributed by atoms with Crippen molar-refractivity contribution in [2.24, 2.45) is 0 Å². The van der Waals surface area contributed by atoms with Gasteiger partial charge in [-0.25, -0.2) is 8.42 Å². The van der Waals surface area contributed by atoms with E-state index in [9.17, 15) is 26.4 Å². The molecule has 1 heterocycles. The average Bonchev–Trinajstić information content (AvgIpc) is 2.76. The number of rotatable bonds is 7. The van der Waals surface area contributed by atoms with E-state index in [1.807, 2.05) is 38.1 Å². The number of carbonyl (C=O) groups excluding carboxylic acids is 1. The number of amides is 1. The number of alkyl halides is 3. The smallest absolute Gasteiger partial charge is 0.416 e. The number of sulfonamides is 1.